The second kappa shape index (κ2) is 6.84. The zero-order valence-corrected chi connectivity index (χ0v) is 15.2. The number of rotatable bonds is 6. The molecule has 5 nitrogen and oxygen atoms in total. The lowest BCUT2D eigenvalue weighted by Gasteiger charge is -2.27. The molecule has 0 bridgehead atoms. The van der Waals surface area contributed by atoms with Gasteiger partial charge in [-0.3, -0.25) is 4.79 Å². The quantitative estimate of drug-likeness (QED) is 0.858. The van der Waals surface area contributed by atoms with Crippen molar-refractivity contribution >= 4 is 15.9 Å². The standard InChI is InChI=1S/C18H26N2O3S/c1-13(2)20(16-10-11-16)18(21)14-6-5-9-17(12-14)24(22,23)19-15-7-3-4-8-15/h5-6,9,12-13,15-16,19H,3-4,7-8,10-11H2,1-2H3. The molecule has 132 valence electrons. The normalized spacial score (nSPS) is 19.0. The van der Waals surface area contributed by atoms with Crippen LogP contribution in [-0.4, -0.2) is 37.4 Å². The first-order valence-electron chi connectivity index (χ1n) is 8.83. The van der Waals surface area contributed by atoms with Gasteiger partial charge in [0, 0.05) is 23.7 Å². The highest BCUT2D eigenvalue weighted by Crippen LogP contribution is 2.30. The van der Waals surface area contributed by atoms with Crippen LogP contribution < -0.4 is 4.72 Å². The van der Waals surface area contributed by atoms with Crippen LogP contribution in [0.2, 0.25) is 0 Å². The molecule has 24 heavy (non-hydrogen) atoms. The summed E-state index contributed by atoms with van der Waals surface area (Å²) in [5, 5.41) is 0. The summed E-state index contributed by atoms with van der Waals surface area (Å²) in [5.41, 5.74) is 0.449. The van der Waals surface area contributed by atoms with Crippen molar-refractivity contribution in [2.24, 2.45) is 0 Å². The van der Waals surface area contributed by atoms with E-state index in [1.165, 1.54) is 6.07 Å². The van der Waals surface area contributed by atoms with Gasteiger partial charge >= 0.3 is 0 Å². The van der Waals surface area contributed by atoms with E-state index in [0.29, 0.717) is 11.6 Å². The van der Waals surface area contributed by atoms with E-state index in [2.05, 4.69) is 4.72 Å². The molecular formula is C18H26N2O3S. The second-order valence-electron chi connectivity index (χ2n) is 7.17. The van der Waals surface area contributed by atoms with Crippen molar-refractivity contribution in [3.8, 4) is 0 Å². The Kier molecular flexibility index (Phi) is 4.97. The Balaban J connectivity index is 1.81. The Morgan fingerprint density at radius 1 is 1.17 bits per heavy atom. The van der Waals surface area contributed by atoms with Crippen LogP contribution in [0, 0.1) is 0 Å². The summed E-state index contributed by atoms with van der Waals surface area (Å²) in [7, 11) is -3.57. The maximum absolute atomic E-state index is 12.8. The molecule has 2 aliphatic rings. The molecule has 0 spiro atoms. The lowest BCUT2D eigenvalue weighted by atomic mass is 10.1. The topological polar surface area (TPSA) is 66.5 Å². The highest BCUT2D eigenvalue weighted by molar-refractivity contribution is 7.89. The van der Waals surface area contributed by atoms with Gasteiger partial charge < -0.3 is 4.90 Å². The van der Waals surface area contributed by atoms with Crippen LogP contribution in [0.3, 0.4) is 0 Å². The monoisotopic (exact) mass is 350 g/mol. The Morgan fingerprint density at radius 3 is 2.42 bits per heavy atom. The summed E-state index contributed by atoms with van der Waals surface area (Å²) in [6, 6.07) is 6.86. The fourth-order valence-electron chi connectivity index (χ4n) is 3.45. The van der Waals surface area contributed by atoms with Gasteiger partial charge in [0.1, 0.15) is 0 Å². The molecule has 0 radical (unpaired) electrons. The third-order valence-corrected chi connectivity index (χ3v) is 6.32. The summed E-state index contributed by atoms with van der Waals surface area (Å²) >= 11 is 0. The predicted molar refractivity (Wildman–Crippen MR) is 93.3 cm³/mol. The molecule has 3 rings (SSSR count). The minimum absolute atomic E-state index is 0.0213. The van der Waals surface area contributed by atoms with Crippen molar-refractivity contribution in [2.75, 3.05) is 0 Å². The van der Waals surface area contributed by atoms with E-state index in [1.807, 2.05) is 18.7 Å². The molecule has 1 aromatic rings. The van der Waals surface area contributed by atoms with Gasteiger partial charge in [-0.05, 0) is 57.7 Å². The van der Waals surface area contributed by atoms with Crippen LogP contribution in [-0.2, 0) is 10.0 Å². The fraction of sp³-hybridized carbons (Fsp3) is 0.611. The van der Waals surface area contributed by atoms with Crippen molar-refractivity contribution < 1.29 is 13.2 Å². The zero-order chi connectivity index (χ0) is 17.3. The smallest absolute Gasteiger partial charge is 0.254 e. The van der Waals surface area contributed by atoms with Crippen molar-refractivity contribution in [1.82, 2.24) is 9.62 Å². The van der Waals surface area contributed by atoms with Gasteiger partial charge in [-0.2, -0.15) is 0 Å². The van der Waals surface area contributed by atoms with Crippen molar-refractivity contribution in [1.29, 1.82) is 0 Å². The summed E-state index contributed by atoms with van der Waals surface area (Å²) in [4.78, 5) is 14.9. The van der Waals surface area contributed by atoms with Crippen LogP contribution >= 0.6 is 0 Å². The Labute approximate surface area is 144 Å². The molecule has 1 amide bonds. The maximum atomic E-state index is 12.8. The summed E-state index contributed by atoms with van der Waals surface area (Å²) in [5.74, 6) is -0.0783. The Morgan fingerprint density at radius 2 is 1.83 bits per heavy atom. The molecule has 1 aromatic carbocycles. The molecule has 0 atom stereocenters. The van der Waals surface area contributed by atoms with E-state index < -0.39 is 10.0 Å². The van der Waals surface area contributed by atoms with Gasteiger partial charge in [0.25, 0.3) is 5.91 Å². The van der Waals surface area contributed by atoms with Crippen LogP contribution in [0.1, 0.15) is 62.7 Å². The van der Waals surface area contributed by atoms with Crippen molar-refractivity contribution in [3.63, 3.8) is 0 Å². The first kappa shape index (κ1) is 17.4. The number of carbonyl (C=O) groups is 1. The average Bonchev–Trinajstić information content (AvgIpc) is 3.23. The molecule has 2 fully saturated rings. The highest BCUT2D eigenvalue weighted by atomic mass is 32.2. The average molecular weight is 350 g/mol. The SMILES string of the molecule is CC(C)N(C(=O)c1cccc(S(=O)(=O)NC2CCCC2)c1)C1CC1. The molecule has 2 aliphatic carbocycles. The Hall–Kier alpha value is -1.40. The highest BCUT2D eigenvalue weighted by Gasteiger charge is 2.35. The first-order valence-corrected chi connectivity index (χ1v) is 10.3. The number of hydrogen-bond donors (Lipinski definition) is 1. The fourth-order valence-corrected chi connectivity index (χ4v) is 4.80. The number of amides is 1. The number of nitrogens with zero attached hydrogens (tertiary/aromatic N) is 1. The van der Waals surface area contributed by atoms with Gasteiger partial charge in [-0.1, -0.05) is 18.9 Å². The molecule has 0 heterocycles. The van der Waals surface area contributed by atoms with Crippen molar-refractivity contribution in [2.45, 2.75) is 75.4 Å². The van der Waals surface area contributed by atoms with E-state index in [-0.39, 0.29) is 22.9 Å². The second-order valence-corrected chi connectivity index (χ2v) is 8.88. The molecule has 0 aliphatic heterocycles. The summed E-state index contributed by atoms with van der Waals surface area (Å²) in [6.45, 7) is 4.00. The van der Waals surface area contributed by atoms with E-state index >= 15 is 0 Å². The van der Waals surface area contributed by atoms with Crippen LogP contribution in [0.5, 0.6) is 0 Å². The molecule has 0 unspecified atom stereocenters. The maximum Gasteiger partial charge on any atom is 0.254 e. The molecule has 0 saturated heterocycles. The van der Waals surface area contributed by atoms with Gasteiger partial charge in [0.05, 0.1) is 4.90 Å². The molecule has 0 aromatic heterocycles. The first-order chi connectivity index (χ1) is 11.4. The summed E-state index contributed by atoms with van der Waals surface area (Å²) in [6.07, 6.45) is 5.98. The third-order valence-electron chi connectivity index (χ3n) is 4.80. The van der Waals surface area contributed by atoms with Crippen molar-refractivity contribution in [3.05, 3.63) is 29.8 Å². The number of hydrogen-bond acceptors (Lipinski definition) is 3. The van der Waals surface area contributed by atoms with Crippen LogP contribution in [0.15, 0.2) is 29.2 Å². The van der Waals surface area contributed by atoms with E-state index in [4.69, 9.17) is 0 Å². The van der Waals surface area contributed by atoms with E-state index in [1.54, 1.807) is 18.2 Å². The number of carbonyl (C=O) groups excluding carboxylic acids is 1. The zero-order valence-electron chi connectivity index (χ0n) is 14.4. The third kappa shape index (κ3) is 3.81. The van der Waals surface area contributed by atoms with Gasteiger partial charge in [0.15, 0.2) is 0 Å². The predicted octanol–water partition coefficient (Wildman–Crippen LogP) is 2.92. The summed E-state index contributed by atoms with van der Waals surface area (Å²) < 4.78 is 27.9. The number of nitrogens with one attached hydrogen (secondary N) is 1. The van der Waals surface area contributed by atoms with E-state index in [9.17, 15) is 13.2 Å². The molecule has 1 N–H and O–H groups in total. The number of benzene rings is 1. The Bertz CT molecular complexity index is 703. The lowest BCUT2D eigenvalue weighted by molar-refractivity contribution is 0.0690. The minimum atomic E-state index is -3.57. The number of sulfonamides is 1. The van der Waals surface area contributed by atoms with Gasteiger partial charge in [-0.15, -0.1) is 0 Å². The van der Waals surface area contributed by atoms with Crippen LogP contribution in [0.25, 0.3) is 0 Å². The molecular weight excluding hydrogens is 324 g/mol. The molecule has 2 saturated carbocycles. The molecule has 6 heteroatoms. The van der Waals surface area contributed by atoms with Gasteiger partial charge in [-0.25, -0.2) is 13.1 Å². The lowest BCUT2D eigenvalue weighted by Crippen LogP contribution is -2.39. The minimum Gasteiger partial charge on any atom is -0.333 e. The largest absolute Gasteiger partial charge is 0.333 e. The van der Waals surface area contributed by atoms with E-state index in [0.717, 1.165) is 38.5 Å². The van der Waals surface area contributed by atoms with Crippen LogP contribution in [0.4, 0.5) is 0 Å². The van der Waals surface area contributed by atoms with Gasteiger partial charge in [0.2, 0.25) is 10.0 Å².